The van der Waals surface area contributed by atoms with E-state index in [9.17, 15) is 14.3 Å². The van der Waals surface area contributed by atoms with Crippen molar-refractivity contribution in [1.82, 2.24) is 10.2 Å². The molecule has 3 N–H and O–H groups in total. The predicted octanol–water partition coefficient (Wildman–Crippen LogP) is 4.12. The number of hydrogen-bond acceptors (Lipinski definition) is 5. The monoisotopic (exact) mass is 492 g/mol. The molecule has 0 aliphatic carbocycles. The van der Waals surface area contributed by atoms with E-state index >= 15 is 0 Å². The molecule has 1 saturated heterocycles. The van der Waals surface area contributed by atoms with Crippen molar-refractivity contribution in [2.45, 2.75) is 57.8 Å². The molecule has 2 aromatic rings. The minimum Gasteiger partial charge on any atom is -0.490 e. The molecule has 186 valence electrons. The van der Waals surface area contributed by atoms with Gasteiger partial charge in [-0.1, -0.05) is 36.7 Å². The molecule has 4 atom stereocenters. The zero-order chi connectivity index (χ0) is 24.9. The molecule has 1 aliphatic rings. The lowest BCUT2D eigenvalue weighted by molar-refractivity contribution is -0.136. The molecule has 0 spiro atoms. The minimum absolute atomic E-state index is 0.0879. The summed E-state index contributed by atoms with van der Waals surface area (Å²) in [4.78, 5) is 13.5. The Labute approximate surface area is 205 Å². The lowest BCUT2D eigenvalue weighted by atomic mass is 9.88. The summed E-state index contributed by atoms with van der Waals surface area (Å²) in [5.41, 5.74) is 0.388. The SMILES string of the molecule is C[C@@H]1CN(Cc2ccc(Cl)cc2)[C@H](C)C[C@H]1NC[C@](C)(O)COc1cc(F)ccc1CC(=O)O. The quantitative estimate of drug-likeness (QED) is 0.463. The number of nitrogens with one attached hydrogen (secondary N) is 1. The van der Waals surface area contributed by atoms with E-state index in [1.807, 2.05) is 12.1 Å². The molecule has 34 heavy (non-hydrogen) atoms. The summed E-state index contributed by atoms with van der Waals surface area (Å²) in [5, 5.41) is 24.1. The van der Waals surface area contributed by atoms with Crippen LogP contribution in [0.4, 0.5) is 4.39 Å². The largest absolute Gasteiger partial charge is 0.490 e. The first-order valence-corrected chi connectivity index (χ1v) is 12.0. The molecule has 1 fully saturated rings. The van der Waals surface area contributed by atoms with E-state index in [-0.39, 0.29) is 24.8 Å². The van der Waals surface area contributed by atoms with Crippen LogP contribution in [0.5, 0.6) is 5.75 Å². The number of piperidine rings is 1. The molecule has 0 aromatic heterocycles. The first kappa shape index (κ1) is 26.4. The highest BCUT2D eigenvalue weighted by atomic mass is 35.5. The van der Waals surface area contributed by atoms with Crippen LogP contribution in [0.3, 0.4) is 0 Å². The fraction of sp³-hybridized carbons (Fsp3) is 0.500. The number of rotatable bonds is 10. The second-order valence-corrected chi connectivity index (χ2v) is 10.1. The Bertz CT molecular complexity index is 970. The second kappa shape index (κ2) is 11.5. The van der Waals surface area contributed by atoms with Crippen molar-refractivity contribution < 1.29 is 24.1 Å². The highest BCUT2D eigenvalue weighted by molar-refractivity contribution is 6.30. The predicted molar refractivity (Wildman–Crippen MR) is 131 cm³/mol. The molecule has 0 radical (unpaired) electrons. The fourth-order valence-corrected chi connectivity index (χ4v) is 4.49. The first-order chi connectivity index (χ1) is 16.0. The van der Waals surface area contributed by atoms with Crippen molar-refractivity contribution in [3.05, 3.63) is 64.4 Å². The Morgan fingerprint density at radius 3 is 2.65 bits per heavy atom. The summed E-state index contributed by atoms with van der Waals surface area (Å²) in [5.74, 6) is -1.03. The fourth-order valence-electron chi connectivity index (χ4n) is 4.36. The van der Waals surface area contributed by atoms with Crippen LogP contribution in [0.2, 0.25) is 5.02 Å². The highest BCUT2D eigenvalue weighted by Gasteiger charge is 2.32. The summed E-state index contributed by atoms with van der Waals surface area (Å²) in [6.45, 7) is 8.08. The maximum atomic E-state index is 13.6. The first-order valence-electron chi connectivity index (χ1n) is 11.6. The molecule has 0 saturated carbocycles. The molecule has 0 unspecified atom stereocenters. The molecule has 8 heteroatoms. The number of aliphatic hydroxyl groups is 1. The van der Waals surface area contributed by atoms with Crippen LogP contribution in [0.1, 0.15) is 38.3 Å². The Morgan fingerprint density at radius 2 is 1.97 bits per heavy atom. The van der Waals surface area contributed by atoms with Crippen molar-refractivity contribution in [2.75, 3.05) is 19.7 Å². The van der Waals surface area contributed by atoms with E-state index in [2.05, 4.69) is 36.2 Å². The topological polar surface area (TPSA) is 82.0 Å². The number of nitrogens with zero attached hydrogens (tertiary/aromatic N) is 1. The van der Waals surface area contributed by atoms with Crippen LogP contribution in [0.15, 0.2) is 42.5 Å². The van der Waals surface area contributed by atoms with Gasteiger partial charge in [0.1, 0.15) is 23.8 Å². The van der Waals surface area contributed by atoms with E-state index in [4.69, 9.17) is 21.4 Å². The molecule has 1 aliphatic heterocycles. The molecule has 1 heterocycles. The summed E-state index contributed by atoms with van der Waals surface area (Å²) >= 11 is 6.00. The van der Waals surface area contributed by atoms with E-state index in [0.29, 0.717) is 24.1 Å². The van der Waals surface area contributed by atoms with Crippen LogP contribution in [0, 0.1) is 11.7 Å². The van der Waals surface area contributed by atoms with Gasteiger partial charge in [-0.3, -0.25) is 9.69 Å². The summed E-state index contributed by atoms with van der Waals surface area (Å²) < 4.78 is 19.3. The van der Waals surface area contributed by atoms with Gasteiger partial charge in [0.05, 0.1) is 6.42 Å². The normalized spacial score (nSPS) is 22.8. The van der Waals surface area contributed by atoms with Crippen molar-refractivity contribution in [3.8, 4) is 5.75 Å². The van der Waals surface area contributed by atoms with Crippen LogP contribution >= 0.6 is 11.6 Å². The van der Waals surface area contributed by atoms with Crippen molar-refractivity contribution in [2.24, 2.45) is 5.92 Å². The van der Waals surface area contributed by atoms with Gasteiger partial charge in [-0.25, -0.2) is 4.39 Å². The molecule has 3 rings (SSSR count). The number of hydrogen-bond donors (Lipinski definition) is 3. The van der Waals surface area contributed by atoms with Gasteiger partial charge in [0, 0.05) is 48.4 Å². The number of carboxylic acids is 1. The average molecular weight is 493 g/mol. The molecule has 0 amide bonds. The molecule has 6 nitrogen and oxygen atoms in total. The van der Waals surface area contributed by atoms with E-state index < -0.39 is 17.4 Å². The average Bonchev–Trinajstić information content (AvgIpc) is 2.76. The highest BCUT2D eigenvalue weighted by Crippen LogP contribution is 2.26. The number of benzene rings is 2. The molecular weight excluding hydrogens is 459 g/mol. The van der Waals surface area contributed by atoms with Gasteiger partial charge < -0.3 is 20.3 Å². The third-order valence-corrected chi connectivity index (χ3v) is 6.63. The van der Waals surface area contributed by atoms with E-state index in [0.717, 1.165) is 30.6 Å². The molecule has 2 aromatic carbocycles. The Balaban J connectivity index is 1.52. The van der Waals surface area contributed by atoms with Gasteiger partial charge in [0.25, 0.3) is 0 Å². The maximum Gasteiger partial charge on any atom is 0.307 e. The number of carboxylic acid groups (broad SMARTS) is 1. The van der Waals surface area contributed by atoms with E-state index in [1.165, 1.54) is 17.7 Å². The Hall–Kier alpha value is -2.19. The lowest BCUT2D eigenvalue weighted by Gasteiger charge is -2.43. The van der Waals surface area contributed by atoms with Gasteiger partial charge in [-0.05, 0) is 49.9 Å². The minimum atomic E-state index is -1.21. The summed E-state index contributed by atoms with van der Waals surface area (Å²) in [7, 11) is 0. The van der Waals surface area contributed by atoms with Gasteiger partial charge in [-0.15, -0.1) is 0 Å². The van der Waals surface area contributed by atoms with Gasteiger partial charge in [0.2, 0.25) is 0 Å². The third-order valence-electron chi connectivity index (χ3n) is 6.38. The standard InChI is InChI=1S/C26H34ClFN2O4/c1-17-13-30(14-19-4-7-21(27)8-5-19)18(2)10-23(17)29-15-26(3,33)16-34-24-12-22(28)9-6-20(24)11-25(31)32/h4-9,12,17-18,23,29,33H,10-11,13-16H2,1-3H3,(H,31,32)/t17-,18-,23-,26+/m1/s1. The van der Waals surface area contributed by atoms with E-state index in [1.54, 1.807) is 6.92 Å². The van der Waals surface area contributed by atoms with Crippen molar-refractivity contribution >= 4 is 17.6 Å². The van der Waals surface area contributed by atoms with Crippen LogP contribution < -0.4 is 10.1 Å². The second-order valence-electron chi connectivity index (χ2n) is 9.71. The number of ether oxygens (including phenoxy) is 1. The number of aliphatic carboxylic acids is 1. The lowest BCUT2D eigenvalue weighted by Crippen LogP contribution is -2.55. The zero-order valence-electron chi connectivity index (χ0n) is 19.9. The Morgan fingerprint density at radius 1 is 1.26 bits per heavy atom. The van der Waals surface area contributed by atoms with Gasteiger partial charge in [-0.2, -0.15) is 0 Å². The van der Waals surface area contributed by atoms with Gasteiger partial charge >= 0.3 is 5.97 Å². The molecular formula is C26H34ClFN2O4. The summed E-state index contributed by atoms with van der Waals surface area (Å²) in [6, 6.07) is 12.3. The summed E-state index contributed by atoms with van der Waals surface area (Å²) in [6.07, 6.45) is 0.665. The van der Waals surface area contributed by atoms with Crippen LogP contribution in [0.25, 0.3) is 0 Å². The number of halogens is 2. The molecule has 0 bridgehead atoms. The smallest absolute Gasteiger partial charge is 0.307 e. The van der Waals surface area contributed by atoms with Crippen molar-refractivity contribution in [3.63, 3.8) is 0 Å². The maximum absolute atomic E-state index is 13.6. The van der Waals surface area contributed by atoms with Crippen LogP contribution in [-0.2, 0) is 17.8 Å². The van der Waals surface area contributed by atoms with Crippen molar-refractivity contribution in [1.29, 1.82) is 0 Å². The van der Waals surface area contributed by atoms with Crippen LogP contribution in [-0.4, -0.2) is 58.5 Å². The number of carbonyl (C=O) groups is 1. The van der Waals surface area contributed by atoms with Gasteiger partial charge in [0.15, 0.2) is 0 Å². The number of likely N-dealkylation sites (tertiary alicyclic amines) is 1. The Kier molecular flexibility index (Phi) is 8.93. The third kappa shape index (κ3) is 7.67. The zero-order valence-corrected chi connectivity index (χ0v) is 20.7.